The van der Waals surface area contributed by atoms with E-state index in [1.165, 1.54) is 120 Å². The number of unbranched alkanes of at least 4 members (excludes halogenated alkanes) is 17. The number of hydrogen-bond acceptors (Lipinski definition) is 4. The zero-order chi connectivity index (χ0) is 35.2. The Bertz CT molecular complexity index is 1230. The minimum Gasteiger partial charge on any atom is -0.481 e. The molecule has 0 aliphatic carbocycles. The van der Waals surface area contributed by atoms with Gasteiger partial charge in [-0.25, -0.2) is 0 Å². The monoisotopic (exact) mass is 682 g/mol. The summed E-state index contributed by atoms with van der Waals surface area (Å²) in [6.45, 7) is 0.901. The van der Waals surface area contributed by atoms with Crippen molar-refractivity contribution in [2.75, 3.05) is 6.54 Å². The Hall–Kier alpha value is -3.31. The highest BCUT2D eigenvalue weighted by Gasteiger charge is 2.29. The molecule has 5 nitrogen and oxygen atoms in total. The van der Waals surface area contributed by atoms with Gasteiger partial charge < -0.3 is 10.4 Å². The Morgan fingerprint density at radius 1 is 0.580 bits per heavy atom. The minimum absolute atomic E-state index is 0.0239. The van der Waals surface area contributed by atoms with Crippen LogP contribution in [0.2, 0.25) is 0 Å². The topological polar surface area (TPSA) is 75.1 Å². The summed E-state index contributed by atoms with van der Waals surface area (Å²) in [6, 6.07) is 18.2. The molecule has 5 heteroatoms. The quantitative estimate of drug-likeness (QED) is 0.0522. The van der Waals surface area contributed by atoms with Crippen molar-refractivity contribution in [3.8, 4) is 0 Å². The average molecular weight is 682 g/mol. The molecule has 274 valence electrons. The summed E-state index contributed by atoms with van der Waals surface area (Å²) in [4.78, 5) is 20.9. The average Bonchev–Trinajstić information content (AvgIpc) is 3.14. The fraction of sp³-hybridized carbons (Fsp3) is 0.578. The number of aryl methyl sites for hydroxylation is 2. The number of nitrogens with zero attached hydrogens (tertiary/aromatic N) is 2. The molecular formula is C45H67N3O2. The molecule has 0 spiro atoms. The molecule has 0 saturated heterocycles. The number of hydrogen-bond donors (Lipinski definition) is 2. The van der Waals surface area contributed by atoms with Gasteiger partial charge in [0.2, 0.25) is 0 Å². The highest BCUT2D eigenvalue weighted by Crippen LogP contribution is 2.25. The zero-order valence-corrected chi connectivity index (χ0v) is 31.0. The Morgan fingerprint density at radius 3 is 1.68 bits per heavy atom. The van der Waals surface area contributed by atoms with Crippen LogP contribution in [0.3, 0.4) is 0 Å². The molecule has 0 unspecified atom stereocenters. The van der Waals surface area contributed by atoms with Gasteiger partial charge in [0, 0.05) is 30.8 Å². The summed E-state index contributed by atoms with van der Waals surface area (Å²) in [6.07, 6.45) is 40.6. The Kier molecular flexibility index (Phi) is 23.3. The molecule has 0 aliphatic rings. The molecule has 1 aromatic carbocycles. The number of carboxylic acids is 1. The van der Waals surface area contributed by atoms with E-state index in [0.29, 0.717) is 0 Å². The Morgan fingerprint density at radius 2 is 1.10 bits per heavy atom. The van der Waals surface area contributed by atoms with Crippen LogP contribution in [0.4, 0.5) is 0 Å². The number of carboxylic acid groups (broad SMARTS) is 1. The summed E-state index contributed by atoms with van der Waals surface area (Å²) < 4.78 is 0. The lowest BCUT2D eigenvalue weighted by molar-refractivity contribution is -0.139. The van der Waals surface area contributed by atoms with Crippen molar-refractivity contribution < 1.29 is 9.90 Å². The van der Waals surface area contributed by atoms with Crippen molar-refractivity contribution in [1.82, 2.24) is 15.3 Å². The predicted octanol–water partition coefficient (Wildman–Crippen LogP) is 11.8. The van der Waals surface area contributed by atoms with E-state index in [9.17, 15) is 9.90 Å². The van der Waals surface area contributed by atoms with Crippen LogP contribution in [-0.2, 0) is 17.6 Å². The van der Waals surface area contributed by atoms with E-state index in [1.54, 1.807) is 0 Å². The zero-order valence-electron chi connectivity index (χ0n) is 31.0. The fourth-order valence-electron chi connectivity index (χ4n) is 7.01. The van der Waals surface area contributed by atoms with Crippen molar-refractivity contribution in [2.24, 2.45) is 0 Å². The van der Waals surface area contributed by atoms with Gasteiger partial charge in [0.15, 0.2) is 0 Å². The van der Waals surface area contributed by atoms with Gasteiger partial charge in [0.25, 0.3) is 0 Å². The normalized spacial score (nSPS) is 12.7. The number of rotatable bonds is 31. The second-order valence-corrected chi connectivity index (χ2v) is 14.2. The molecule has 0 aliphatic heterocycles. The van der Waals surface area contributed by atoms with E-state index in [2.05, 4.69) is 39.6 Å². The number of allylic oxidation sites excluding steroid dienone is 2. The molecule has 2 atom stereocenters. The van der Waals surface area contributed by atoms with Gasteiger partial charge in [0.05, 0.1) is 5.92 Å². The van der Waals surface area contributed by atoms with Crippen molar-refractivity contribution >= 4 is 5.97 Å². The summed E-state index contributed by atoms with van der Waals surface area (Å²) in [5, 5.41) is 13.9. The molecule has 0 radical (unpaired) electrons. The Balaban J connectivity index is 1.20. The SMILES string of the molecule is O=C(O)[C@@H](c1ccccc1)[C@@H](CCCCCCCCCC=CCCc1cccnc1)NCCCCCCCCCCCCCc1cccnc1. The lowest BCUT2D eigenvalue weighted by atomic mass is 9.88. The first-order valence-corrected chi connectivity index (χ1v) is 20.2. The third kappa shape index (κ3) is 19.8. The third-order valence-electron chi connectivity index (χ3n) is 9.97. The van der Waals surface area contributed by atoms with Crippen molar-refractivity contribution in [1.29, 1.82) is 0 Å². The molecule has 2 N–H and O–H groups in total. The van der Waals surface area contributed by atoms with Crippen LogP contribution in [0.25, 0.3) is 0 Å². The summed E-state index contributed by atoms with van der Waals surface area (Å²) in [5.41, 5.74) is 3.58. The first kappa shape index (κ1) is 41.1. The first-order valence-electron chi connectivity index (χ1n) is 20.2. The number of benzene rings is 1. The highest BCUT2D eigenvalue weighted by atomic mass is 16.4. The van der Waals surface area contributed by atoms with E-state index in [4.69, 9.17) is 0 Å². The molecule has 3 rings (SSSR count). The maximum atomic E-state index is 12.5. The number of aromatic nitrogens is 2. The smallest absolute Gasteiger partial charge is 0.312 e. The lowest BCUT2D eigenvalue weighted by Gasteiger charge is -2.26. The van der Waals surface area contributed by atoms with Crippen LogP contribution in [-0.4, -0.2) is 33.6 Å². The van der Waals surface area contributed by atoms with Crippen LogP contribution in [0.1, 0.15) is 157 Å². The van der Waals surface area contributed by atoms with Crippen LogP contribution in [0, 0.1) is 0 Å². The predicted molar refractivity (Wildman–Crippen MR) is 211 cm³/mol. The third-order valence-corrected chi connectivity index (χ3v) is 9.97. The van der Waals surface area contributed by atoms with Crippen LogP contribution in [0.5, 0.6) is 0 Å². The second kappa shape index (κ2) is 28.4. The maximum Gasteiger partial charge on any atom is 0.312 e. The highest BCUT2D eigenvalue weighted by molar-refractivity contribution is 5.77. The van der Waals surface area contributed by atoms with E-state index in [1.807, 2.05) is 67.3 Å². The van der Waals surface area contributed by atoms with E-state index in [0.717, 1.165) is 50.6 Å². The largest absolute Gasteiger partial charge is 0.481 e. The van der Waals surface area contributed by atoms with E-state index >= 15 is 0 Å². The van der Waals surface area contributed by atoms with Gasteiger partial charge in [-0.2, -0.15) is 0 Å². The molecule has 50 heavy (non-hydrogen) atoms. The van der Waals surface area contributed by atoms with Gasteiger partial charge in [-0.3, -0.25) is 14.8 Å². The summed E-state index contributed by atoms with van der Waals surface area (Å²) in [5.74, 6) is -1.21. The Labute approximate surface area is 304 Å². The number of pyridine rings is 2. The maximum absolute atomic E-state index is 12.5. The van der Waals surface area contributed by atoms with Crippen molar-refractivity contribution in [2.45, 2.75) is 160 Å². The van der Waals surface area contributed by atoms with Gasteiger partial charge >= 0.3 is 5.97 Å². The summed E-state index contributed by atoms with van der Waals surface area (Å²) >= 11 is 0. The lowest BCUT2D eigenvalue weighted by Crippen LogP contribution is -2.39. The molecule has 0 bridgehead atoms. The van der Waals surface area contributed by atoms with Gasteiger partial charge in [-0.1, -0.05) is 151 Å². The van der Waals surface area contributed by atoms with Gasteiger partial charge in [-0.05, 0) is 86.7 Å². The van der Waals surface area contributed by atoms with E-state index < -0.39 is 11.9 Å². The van der Waals surface area contributed by atoms with Crippen LogP contribution >= 0.6 is 0 Å². The van der Waals surface area contributed by atoms with Crippen molar-refractivity contribution in [3.05, 3.63) is 108 Å². The molecule has 0 saturated carbocycles. The summed E-state index contributed by atoms with van der Waals surface area (Å²) in [7, 11) is 0. The van der Waals surface area contributed by atoms with E-state index in [-0.39, 0.29) is 6.04 Å². The molecule has 3 aromatic rings. The number of carbonyl (C=O) groups is 1. The molecule has 0 amide bonds. The van der Waals surface area contributed by atoms with Gasteiger partial charge in [-0.15, -0.1) is 0 Å². The van der Waals surface area contributed by atoms with Gasteiger partial charge in [0.1, 0.15) is 0 Å². The first-order chi connectivity index (χ1) is 24.7. The van der Waals surface area contributed by atoms with Crippen molar-refractivity contribution in [3.63, 3.8) is 0 Å². The van der Waals surface area contributed by atoms with Crippen LogP contribution in [0.15, 0.2) is 91.5 Å². The molecule has 2 heterocycles. The number of aliphatic carboxylic acids is 1. The molecular weight excluding hydrogens is 615 g/mol. The molecule has 2 aromatic heterocycles. The standard InChI is InChI=1S/C45H67N3O2/c49-45(50)44(42-32-22-19-23-33-42)43(34-24-17-13-9-5-1-3-7-11-15-20-28-40-30-26-35-46-38-40)48-37-25-18-14-10-6-2-4-8-12-16-21-29-41-31-27-36-47-39-41/h11,15,19,22-23,26-27,30-33,35-36,38-39,43-44,48H,1-10,12-14,16-18,20-21,24-25,28-29,34,37H2,(H,49,50)/t43-,44+/m1/s1. The minimum atomic E-state index is -0.715. The molecule has 0 fully saturated rings. The number of nitrogens with one attached hydrogen (secondary N) is 1. The van der Waals surface area contributed by atoms with Crippen LogP contribution < -0.4 is 5.32 Å². The fourth-order valence-corrected chi connectivity index (χ4v) is 7.01. The second-order valence-electron chi connectivity index (χ2n) is 14.2.